The molecule has 13 rings (SSSR count). The van der Waals surface area contributed by atoms with E-state index < -0.39 is 0 Å². The number of benzene rings is 9. The Hall–Kier alpha value is -7.25. The van der Waals surface area contributed by atoms with Gasteiger partial charge in [0.25, 0.3) is 0 Å². The van der Waals surface area contributed by atoms with Crippen molar-refractivity contribution in [2.24, 2.45) is 0 Å². The molecule has 0 saturated carbocycles. The van der Waals surface area contributed by atoms with Crippen LogP contribution in [0.15, 0.2) is 182 Å². The van der Waals surface area contributed by atoms with Gasteiger partial charge in [0.15, 0.2) is 17.5 Å². The van der Waals surface area contributed by atoms with Crippen molar-refractivity contribution in [3.8, 4) is 39.9 Å². The number of aromatic nitrogens is 4. The van der Waals surface area contributed by atoms with Crippen LogP contribution < -0.4 is 0 Å². The molecule has 0 radical (unpaired) electrons. The fourth-order valence-electron chi connectivity index (χ4n) is 9.21. The minimum Gasteiger partial charge on any atom is -0.307 e. The molecule has 9 aromatic carbocycles. The van der Waals surface area contributed by atoms with Crippen LogP contribution in [0.25, 0.3) is 124 Å². The van der Waals surface area contributed by atoms with E-state index in [1.165, 1.54) is 67.5 Å². The topological polar surface area (TPSA) is 43.6 Å². The van der Waals surface area contributed by atoms with Crippen molar-refractivity contribution < 1.29 is 0 Å². The summed E-state index contributed by atoms with van der Waals surface area (Å²) in [6.07, 6.45) is 0. The standard InChI is InChI=1S/C53H30N4S2/c1-2-15-32(16-3-1)51-54-52(34-27-26-31-14-4-5-17-33(31)30-34)56-53(55-51)37-28-29-42(36-19-7-6-18-35(36)37)57-41-23-11-8-20-38(41)45-46-39-21-9-12-24-43(39)58-49(46)47-40-22-10-13-25-44(40)59-50(47)48(45)57/h1-30H. The summed E-state index contributed by atoms with van der Waals surface area (Å²) < 4.78 is 7.82. The third-order valence-electron chi connectivity index (χ3n) is 11.8. The monoisotopic (exact) mass is 786 g/mol. The predicted molar refractivity (Wildman–Crippen MR) is 251 cm³/mol. The van der Waals surface area contributed by atoms with Gasteiger partial charge in [-0.3, -0.25) is 0 Å². The fourth-order valence-corrected chi connectivity index (χ4v) is 11.8. The summed E-state index contributed by atoms with van der Waals surface area (Å²) in [4.78, 5) is 15.5. The number of rotatable bonds is 4. The van der Waals surface area contributed by atoms with Crippen LogP contribution in [0, 0.1) is 0 Å². The van der Waals surface area contributed by atoms with Crippen LogP contribution in [0.5, 0.6) is 0 Å². The van der Waals surface area contributed by atoms with Gasteiger partial charge in [-0.2, -0.15) is 0 Å². The molecule has 6 heteroatoms. The molecule has 0 N–H and O–H groups in total. The van der Waals surface area contributed by atoms with Crippen LogP contribution in [0.2, 0.25) is 0 Å². The quantitative estimate of drug-likeness (QED) is 0.178. The third-order valence-corrected chi connectivity index (χ3v) is 14.2. The van der Waals surface area contributed by atoms with Gasteiger partial charge in [0.2, 0.25) is 0 Å². The highest BCUT2D eigenvalue weighted by molar-refractivity contribution is 7.30. The van der Waals surface area contributed by atoms with E-state index >= 15 is 0 Å². The summed E-state index contributed by atoms with van der Waals surface area (Å²) in [6, 6.07) is 65.0. The zero-order chi connectivity index (χ0) is 38.6. The van der Waals surface area contributed by atoms with Gasteiger partial charge < -0.3 is 4.57 Å². The fraction of sp³-hybridized carbons (Fsp3) is 0. The molecule has 13 aromatic rings. The van der Waals surface area contributed by atoms with E-state index in [-0.39, 0.29) is 0 Å². The molecule has 59 heavy (non-hydrogen) atoms. The van der Waals surface area contributed by atoms with Gasteiger partial charge in [0.05, 0.1) is 21.4 Å². The lowest BCUT2D eigenvalue weighted by molar-refractivity contribution is 1.08. The lowest BCUT2D eigenvalue weighted by atomic mass is 10.0. The Bertz CT molecular complexity index is 3860. The molecular formula is C53H30N4S2. The average molecular weight is 787 g/mol. The lowest BCUT2D eigenvalue weighted by Gasteiger charge is -2.15. The molecule has 0 spiro atoms. The highest BCUT2D eigenvalue weighted by Gasteiger charge is 2.25. The predicted octanol–water partition coefficient (Wildman–Crippen LogP) is 15.0. The maximum absolute atomic E-state index is 5.24. The van der Waals surface area contributed by atoms with E-state index in [4.69, 9.17) is 15.0 Å². The van der Waals surface area contributed by atoms with Crippen LogP contribution in [0.3, 0.4) is 0 Å². The molecule has 274 valence electrons. The van der Waals surface area contributed by atoms with Crippen molar-refractivity contribution in [1.82, 2.24) is 19.5 Å². The Morgan fingerprint density at radius 1 is 0.373 bits per heavy atom. The molecule has 0 saturated heterocycles. The Labute approximate surface area is 345 Å². The molecule has 0 aliphatic carbocycles. The summed E-state index contributed by atoms with van der Waals surface area (Å²) >= 11 is 3.82. The first-order valence-corrected chi connectivity index (χ1v) is 21.4. The Morgan fingerprint density at radius 2 is 0.966 bits per heavy atom. The maximum Gasteiger partial charge on any atom is 0.164 e. The van der Waals surface area contributed by atoms with E-state index in [0.29, 0.717) is 17.5 Å². The molecular weight excluding hydrogens is 757 g/mol. The molecule has 0 atom stereocenters. The second-order valence-electron chi connectivity index (χ2n) is 15.1. The van der Waals surface area contributed by atoms with Crippen molar-refractivity contribution in [3.63, 3.8) is 0 Å². The number of fused-ring (bicyclic) bond motifs is 14. The van der Waals surface area contributed by atoms with E-state index in [2.05, 4.69) is 168 Å². The maximum atomic E-state index is 5.24. The van der Waals surface area contributed by atoms with Crippen LogP contribution in [-0.2, 0) is 0 Å². The largest absolute Gasteiger partial charge is 0.307 e. The summed E-state index contributed by atoms with van der Waals surface area (Å²) in [5, 5.41) is 12.4. The third kappa shape index (κ3) is 4.85. The highest BCUT2D eigenvalue weighted by Crippen LogP contribution is 2.52. The molecule has 0 unspecified atom stereocenters. The van der Waals surface area contributed by atoms with Gasteiger partial charge in [-0.15, -0.1) is 22.7 Å². The van der Waals surface area contributed by atoms with Crippen molar-refractivity contribution in [2.75, 3.05) is 0 Å². The van der Waals surface area contributed by atoms with Crippen molar-refractivity contribution in [3.05, 3.63) is 182 Å². The smallest absolute Gasteiger partial charge is 0.164 e. The van der Waals surface area contributed by atoms with Crippen LogP contribution in [0.1, 0.15) is 0 Å². The Balaban J connectivity index is 1.12. The number of para-hydroxylation sites is 1. The van der Waals surface area contributed by atoms with Gasteiger partial charge in [0, 0.05) is 68.5 Å². The first-order chi connectivity index (χ1) is 29.3. The van der Waals surface area contributed by atoms with Crippen LogP contribution in [-0.4, -0.2) is 19.5 Å². The molecule has 0 aliphatic heterocycles. The Morgan fingerprint density at radius 3 is 1.76 bits per heavy atom. The van der Waals surface area contributed by atoms with Crippen LogP contribution in [0.4, 0.5) is 0 Å². The van der Waals surface area contributed by atoms with Gasteiger partial charge in [-0.05, 0) is 52.6 Å². The number of nitrogens with zero attached hydrogens (tertiary/aromatic N) is 4. The number of hydrogen-bond donors (Lipinski definition) is 0. The number of hydrogen-bond acceptors (Lipinski definition) is 5. The Kier molecular flexibility index (Phi) is 7.02. The normalized spacial score (nSPS) is 12.1. The molecule has 4 aromatic heterocycles. The number of thiophene rings is 2. The highest BCUT2D eigenvalue weighted by atomic mass is 32.1. The minimum absolute atomic E-state index is 0.644. The first-order valence-electron chi connectivity index (χ1n) is 19.8. The van der Waals surface area contributed by atoms with E-state index in [0.717, 1.165) is 38.5 Å². The van der Waals surface area contributed by atoms with Crippen LogP contribution >= 0.6 is 22.7 Å². The average Bonchev–Trinajstić information content (AvgIpc) is 3.99. The van der Waals surface area contributed by atoms with Gasteiger partial charge in [-0.25, -0.2) is 15.0 Å². The molecule has 0 aliphatic rings. The SMILES string of the molecule is c1ccc(-c2nc(-c3ccc4ccccc4c3)nc(-c3ccc(-n4c5ccccc5c5c6c7ccccc7sc6c6c7ccccc7sc6c54)c4ccccc34)n2)cc1. The summed E-state index contributed by atoms with van der Waals surface area (Å²) in [5.74, 6) is 1.94. The second-order valence-corrected chi connectivity index (χ2v) is 17.2. The van der Waals surface area contributed by atoms with Crippen molar-refractivity contribution in [1.29, 1.82) is 0 Å². The molecule has 4 heterocycles. The molecule has 4 nitrogen and oxygen atoms in total. The van der Waals surface area contributed by atoms with Crippen molar-refractivity contribution in [2.45, 2.75) is 0 Å². The summed E-state index contributed by atoms with van der Waals surface area (Å²) in [6.45, 7) is 0. The van der Waals surface area contributed by atoms with Gasteiger partial charge in [0.1, 0.15) is 0 Å². The summed E-state index contributed by atoms with van der Waals surface area (Å²) in [5.41, 5.74) is 6.43. The lowest BCUT2D eigenvalue weighted by Crippen LogP contribution is -2.02. The van der Waals surface area contributed by atoms with Gasteiger partial charge >= 0.3 is 0 Å². The first kappa shape index (κ1) is 32.8. The van der Waals surface area contributed by atoms with Gasteiger partial charge in [-0.1, -0.05) is 146 Å². The second kappa shape index (κ2) is 12.6. The molecule has 0 fully saturated rings. The van der Waals surface area contributed by atoms with E-state index in [1.54, 1.807) is 0 Å². The van der Waals surface area contributed by atoms with Crippen molar-refractivity contribution >= 4 is 106 Å². The summed E-state index contributed by atoms with van der Waals surface area (Å²) in [7, 11) is 0. The molecule has 0 amide bonds. The zero-order valence-electron chi connectivity index (χ0n) is 31.4. The minimum atomic E-state index is 0.644. The molecule has 0 bridgehead atoms. The van der Waals surface area contributed by atoms with E-state index in [1.807, 2.05) is 40.9 Å². The van der Waals surface area contributed by atoms with E-state index in [9.17, 15) is 0 Å². The zero-order valence-corrected chi connectivity index (χ0v) is 33.1.